The Kier molecular flexibility index (Phi) is 4.29. The van der Waals surface area contributed by atoms with Gasteiger partial charge in [-0.25, -0.2) is 22.3 Å². The average molecular weight is 305 g/mol. The third-order valence-electron chi connectivity index (χ3n) is 3.61. The molecule has 0 aliphatic heterocycles. The van der Waals surface area contributed by atoms with Crippen molar-refractivity contribution in [3.8, 4) is 5.75 Å². The molecule has 0 aromatic heterocycles. The Labute approximate surface area is 117 Å². The first-order valence-electron chi connectivity index (χ1n) is 6.38. The summed E-state index contributed by atoms with van der Waals surface area (Å²) in [4.78, 5) is 0. The van der Waals surface area contributed by atoms with Crippen LogP contribution in [0.1, 0.15) is 25.7 Å². The zero-order valence-electron chi connectivity index (χ0n) is 10.9. The number of primary sulfonamides is 1. The number of hydrogen-bond acceptors (Lipinski definition) is 3. The van der Waals surface area contributed by atoms with Crippen molar-refractivity contribution in [2.45, 2.75) is 25.7 Å². The topological polar surface area (TPSA) is 69.4 Å². The molecule has 2 rings (SSSR count). The fourth-order valence-electron chi connectivity index (χ4n) is 2.69. The third kappa shape index (κ3) is 3.89. The minimum absolute atomic E-state index is 0.133. The molecule has 0 amide bonds. The summed E-state index contributed by atoms with van der Waals surface area (Å²) in [6.07, 6.45) is 3.23. The molecular weight excluding hydrogens is 288 g/mol. The Bertz CT molecular complexity index is 583. The van der Waals surface area contributed by atoms with E-state index in [0.29, 0.717) is 12.8 Å². The van der Waals surface area contributed by atoms with Gasteiger partial charge in [0.05, 0.1) is 12.4 Å². The lowest BCUT2D eigenvalue weighted by atomic mass is 9.90. The van der Waals surface area contributed by atoms with Crippen molar-refractivity contribution in [2.24, 2.45) is 10.6 Å². The Balaban J connectivity index is 2.07. The molecule has 1 saturated carbocycles. The Hall–Kier alpha value is -1.21. The summed E-state index contributed by atoms with van der Waals surface area (Å²) in [5.41, 5.74) is -0.529. The van der Waals surface area contributed by atoms with E-state index in [-0.39, 0.29) is 18.1 Å². The molecule has 2 N–H and O–H groups in total. The predicted molar refractivity (Wildman–Crippen MR) is 70.7 cm³/mol. The largest absolute Gasteiger partial charge is 0.493 e. The van der Waals surface area contributed by atoms with E-state index in [2.05, 4.69) is 0 Å². The van der Waals surface area contributed by atoms with Crippen molar-refractivity contribution < 1.29 is 21.9 Å². The number of halogens is 2. The molecule has 0 atom stereocenters. The summed E-state index contributed by atoms with van der Waals surface area (Å²) in [6, 6.07) is 3.25. The molecule has 4 nitrogen and oxygen atoms in total. The summed E-state index contributed by atoms with van der Waals surface area (Å²) in [5, 5.41) is 5.12. The second kappa shape index (κ2) is 5.65. The van der Waals surface area contributed by atoms with E-state index >= 15 is 0 Å². The Morgan fingerprint density at radius 1 is 1.20 bits per heavy atom. The standard InChI is InChI=1S/C13H17F2NO3S/c14-11-4-3-10(7-12(11)15)19-8-13(5-1-2-6-13)9-20(16,17)18/h3-4,7H,1-2,5-6,8-9H2,(H2,16,17,18). The maximum atomic E-state index is 13.1. The van der Waals surface area contributed by atoms with E-state index in [1.54, 1.807) is 0 Å². The van der Waals surface area contributed by atoms with Gasteiger partial charge < -0.3 is 4.74 Å². The van der Waals surface area contributed by atoms with Gasteiger partial charge in [-0.05, 0) is 25.0 Å². The smallest absolute Gasteiger partial charge is 0.209 e. The second-order valence-electron chi connectivity index (χ2n) is 5.38. The summed E-state index contributed by atoms with van der Waals surface area (Å²) < 4.78 is 54.0. The highest BCUT2D eigenvalue weighted by molar-refractivity contribution is 7.89. The molecule has 1 aliphatic rings. The molecule has 7 heteroatoms. The SMILES string of the molecule is NS(=O)(=O)CC1(COc2ccc(F)c(F)c2)CCCC1. The molecule has 1 aromatic carbocycles. The van der Waals surface area contributed by atoms with Gasteiger partial charge >= 0.3 is 0 Å². The van der Waals surface area contributed by atoms with Gasteiger partial charge in [0.2, 0.25) is 10.0 Å². The number of sulfonamides is 1. The van der Waals surface area contributed by atoms with Gasteiger partial charge in [0.15, 0.2) is 11.6 Å². The van der Waals surface area contributed by atoms with Crippen LogP contribution < -0.4 is 9.88 Å². The minimum Gasteiger partial charge on any atom is -0.493 e. The molecule has 20 heavy (non-hydrogen) atoms. The molecular formula is C13H17F2NO3S. The van der Waals surface area contributed by atoms with Gasteiger partial charge in [-0.3, -0.25) is 0 Å². The van der Waals surface area contributed by atoms with Gasteiger partial charge in [0.25, 0.3) is 0 Å². The van der Waals surface area contributed by atoms with Gasteiger partial charge in [0.1, 0.15) is 5.75 Å². The van der Waals surface area contributed by atoms with Crippen molar-refractivity contribution >= 4 is 10.0 Å². The molecule has 0 radical (unpaired) electrons. The van der Waals surface area contributed by atoms with Crippen LogP contribution in [0.5, 0.6) is 5.75 Å². The quantitative estimate of drug-likeness (QED) is 0.906. The lowest BCUT2D eigenvalue weighted by molar-refractivity contribution is 0.170. The van der Waals surface area contributed by atoms with Gasteiger partial charge in [0, 0.05) is 11.5 Å². The van der Waals surface area contributed by atoms with Crippen molar-refractivity contribution in [3.05, 3.63) is 29.8 Å². The molecule has 0 unspecified atom stereocenters. The first-order valence-corrected chi connectivity index (χ1v) is 8.10. The Morgan fingerprint density at radius 3 is 2.40 bits per heavy atom. The summed E-state index contributed by atoms with van der Waals surface area (Å²) in [5.74, 6) is -1.90. The summed E-state index contributed by atoms with van der Waals surface area (Å²) >= 11 is 0. The first-order chi connectivity index (χ1) is 9.30. The first kappa shape index (κ1) is 15.2. The molecule has 1 aliphatic carbocycles. The van der Waals surface area contributed by atoms with Gasteiger partial charge in [-0.2, -0.15) is 0 Å². The van der Waals surface area contributed by atoms with Crippen LogP contribution in [0.2, 0.25) is 0 Å². The molecule has 1 aromatic rings. The number of ether oxygens (including phenoxy) is 1. The molecule has 0 spiro atoms. The normalized spacial score (nSPS) is 18.1. The zero-order chi connectivity index (χ0) is 14.8. The van der Waals surface area contributed by atoms with Crippen LogP contribution in [-0.2, 0) is 10.0 Å². The molecule has 1 fully saturated rings. The number of hydrogen-bond donors (Lipinski definition) is 1. The lowest BCUT2D eigenvalue weighted by Crippen LogP contribution is -2.36. The maximum absolute atomic E-state index is 13.1. The van der Waals surface area contributed by atoms with E-state index in [0.717, 1.165) is 25.0 Å². The van der Waals surface area contributed by atoms with Crippen molar-refractivity contribution in [1.29, 1.82) is 0 Å². The molecule has 0 heterocycles. The van der Waals surface area contributed by atoms with Crippen molar-refractivity contribution in [2.75, 3.05) is 12.4 Å². The fourth-order valence-corrected chi connectivity index (χ4v) is 3.91. The van der Waals surface area contributed by atoms with Gasteiger partial charge in [-0.15, -0.1) is 0 Å². The van der Waals surface area contributed by atoms with E-state index in [1.807, 2.05) is 0 Å². The molecule has 112 valence electrons. The van der Waals surface area contributed by atoms with Crippen LogP contribution in [0.3, 0.4) is 0 Å². The van der Waals surface area contributed by atoms with E-state index in [1.165, 1.54) is 6.07 Å². The highest BCUT2D eigenvalue weighted by atomic mass is 32.2. The van der Waals surface area contributed by atoms with Crippen LogP contribution >= 0.6 is 0 Å². The van der Waals surface area contributed by atoms with E-state index < -0.39 is 27.1 Å². The van der Waals surface area contributed by atoms with Crippen LogP contribution in [-0.4, -0.2) is 20.8 Å². The van der Waals surface area contributed by atoms with E-state index in [9.17, 15) is 17.2 Å². The predicted octanol–water partition coefficient (Wildman–Crippen LogP) is 2.19. The zero-order valence-corrected chi connectivity index (χ0v) is 11.8. The minimum atomic E-state index is -3.60. The lowest BCUT2D eigenvalue weighted by Gasteiger charge is -2.27. The molecule has 0 saturated heterocycles. The van der Waals surface area contributed by atoms with Gasteiger partial charge in [-0.1, -0.05) is 12.8 Å². The highest BCUT2D eigenvalue weighted by Crippen LogP contribution is 2.39. The maximum Gasteiger partial charge on any atom is 0.209 e. The van der Waals surface area contributed by atoms with E-state index in [4.69, 9.17) is 9.88 Å². The van der Waals surface area contributed by atoms with Crippen LogP contribution in [0.25, 0.3) is 0 Å². The van der Waals surface area contributed by atoms with Crippen LogP contribution in [0, 0.1) is 17.0 Å². The number of nitrogens with two attached hydrogens (primary N) is 1. The highest BCUT2D eigenvalue weighted by Gasteiger charge is 2.38. The Morgan fingerprint density at radius 2 is 1.85 bits per heavy atom. The summed E-state index contributed by atoms with van der Waals surface area (Å²) in [7, 11) is -3.60. The van der Waals surface area contributed by atoms with Crippen molar-refractivity contribution in [1.82, 2.24) is 0 Å². The third-order valence-corrected chi connectivity index (χ3v) is 4.62. The number of benzene rings is 1. The van der Waals surface area contributed by atoms with Crippen molar-refractivity contribution in [3.63, 3.8) is 0 Å². The summed E-state index contributed by atoms with van der Waals surface area (Å²) in [6.45, 7) is 0.133. The van der Waals surface area contributed by atoms with Crippen LogP contribution in [0.15, 0.2) is 18.2 Å². The molecule has 0 bridgehead atoms. The fraction of sp³-hybridized carbons (Fsp3) is 0.538. The second-order valence-corrected chi connectivity index (χ2v) is 6.99. The van der Waals surface area contributed by atoms with Crippen LogP contribution in [0.4, 0.5) is 8.78 Å². The monoisotopic (exact) mass is 305 g/mol. The number of rotatable bonds is 5. The average Bonchev–Trinajstić information content (AvgIpc) is 2.77.